The molecular formula is C14H22N4. The average molecular weight is 246 g/mol. The maximum atomic E-state index is 5.92. The van der Waals surface area contributed by atoms with Crippen LogP contribution in [0.4, 0.5) is 11.5 Å². The van der Waals surface area contributed by atoms with Gasteiger partial charge in [0.15, 0.2) is 0 Å². The Morgan fingerprint density at radius 1 is 1.22 bits per heavy atom. The third-order valence-electron chi connectivity index (χ3n) is 4.02. The Labute approximate surface area is 109 Å². The molecule has 1 aliphatic heterocycles. The maximum absolute atomic E-state index is 5.92. The van der Waals surface area contributed by atoms with Crippen LogP contribution in [0, 0.1) is 0 Å². The lowest BCUT2D eigenvalue weighted by atomic mass is 10.2. The molecule has 3 rings (SSSR count). The molecule has 1 saturated carbocycles. The van der Waals surface area contributed by atoms with Gasteiger partial charge in [0.05, 0.1) is 11.9 Å². The summed E-state index contributed by atoms with van der Waals surface area (Å²) in [6, 6.07) is 5.17. The lowest BCUT2D eigenvalue weighted by Crippen LogP contribution is -2.21. The van der Waals surface area contributed by atoms with Crippen molar-refractivity contribution in [2.75, 3.05) is 23.3 Å². The second kappa shape index (κ2) is 5.14. The van der Waals surface area contributed by atoms with E-state index in [-0.39, 0.29) is 0 Å². The minimum atomic E-state index is 0.374. The average Bonchev–Trinajstić information content (AvgIpc) is 3.02. The summed E-state index contributed by atoms with van der Waals surface area (Å²) < 4.78 is 0. The number of hydrogen-bond acceptors (Lipinski definition) is 4. The van der Waals surface area contributed by atoms with Gasteiger partial charge in [-0.25, -0.2) is 4.98 Å². The summed E-state index contributed by atoms with van der Waals surface area (Å²) in [5.41, 5.74) is 7.05. The van der Waals surface area contributed by atoms with Crippen molar-refractivity contribution in [1.29, 1.82) is 0 Å². The highest BCUT2D eigenvalue weighted by molar-refractivity contribution is 5.49. The first-order chi connectivity index (χ1) is 8.81. The van der Waals surface area contributed by atoms with Crippen molar-refractivity contribution in [3.05, 3.63) is 18.3 Å². The van der Waals surface area contributed by atoms with Gasteiger partial charge in [-0.1, -0.05) is 0 Å². The van der Waals surface area contributed by atoms with Crippen LogP contribution in [0.2, 0.25) is 0 Å². The Balaban J connectivity index is 1.60. The van der Waals surface area contributed by atoms with Crippen molar-refractivity contribution in [3.8, 4) is 0 Å². The SMILES string of the molecule is NC1CCC(Nc2ccc(N3CCCC3)nc2)C1. The molecule has 0 aromatic carbocycles. The van der Waals surface area contributed by atoms with E-state index in [4.69, 9.17) is 5.73 Å². The van der Waals surface area contributed by atoms with Crippen molar-refractivity contribution in [1.82, 2.24) is 4.98 Å². The smallest absolute Gasteiger partial charge is 0.128 e. The minimum absolute atomic E-state index is 0.374. The van der Waals surface area contributed by atoms with Gasteiger partial charge in [0, 0.05) is 25.2 Å². The Hall–Kier alpha value is -1.29. The summed E-state index contributed by atoms with van der Waals surface area (Å²) in [6.07, 6.45) is 7.93. The predicted octanol–water partition coefficient (Wildman–Crippen LogP) is 1.97. The van der Waals surface area contributed by atoms with Crippen LogP contribution >= 0.6 is 0 Å². The molecular weight excluding hydrogens is 224 g/mol. The van der Waals surface area contributed by atoms with E-state index in [1.807, 2.05) is 6.20 Å². The molecule has 2 atom stereocenters. The number of anilines is 2. The first kappa shape index (κ1) is 11.8. The van der Waals surface area contributed by atoms with E-state index in [1.165, 1.54) is 19.3 Å². The van der Waals surface area contributed by atoms with Crippen LogP contribution in [0.5, 0.6) is 0 Å². The van der Waals surface area contributed by atoms with Crippen molar-refractivity contribution in [3.63, 3.8) is 0 Å². The first-order valence-electron chi connectivity index (χ1n) is 7.04. The number of nitrogens with two attached hydrogens (primary N) is 1. The maximum Gasteiger partial charge on any atom is 0.128 e. The summed E-state index contributed by atoms with van der Waals surface area (Å²) in [5.74, 6) is 1.11. The summed E-state index contributed by atoms with van der Waals surface area (Å²) >= 11 is 0. The highest BCUT2D eigenvalue weighted by Crippen LogP contribution is 2.23. The lowest BCUT2D eigenvalue weighted by molar-refractivity contribution is 0.687. The van der Waals surface area contributed by atoms with E-state index in [0.717, 1.165) is 37.4 Å². The van der Waals surface area contributed by atoms with Gasteiger partial charge in [-0.2, -0.15) is 0 Å². The Kier molecular flexibility index (Phi) is 3.37. The van der Waals surface area contributed by atoms with E-state index in [2.05, 4.69) is 27.3 Å². The van der Waals surface area contributed by atoms with Crippen molar-refractivity contribution in [2.24, 2.45) is 5.73 Å². The number of hydrogen-bond donors (Lipinski definition) is 2. The molecule has 3 N–H and O–H groups in total. The van der Waals surface area contributed by atoms with Crippen LogP contribution in [0.15, 0.2) is 18.3 Å². The molecule has 1 aromatic heterocycles. The summed E-state index contributed by atoms with van der Waals surface area (Å²) in [6.45, 7) is 2.30. The standard InChI is InChI=1S/C14H22N4/c15-11-3-4-12(9-11)17-13-5-6-14(16-10-13)18-7-1-2-8-18/h5-6,10-12,17H,1-4,7-9,15H2. The number of nitrogens with zero attached hydrogens (tertiary/aromatic N) is 2. The second-order valence-corrected chi connectivity index (χ2v) is 5.51. The zero-order valence-corrected chi connectivity index (χ0v) is 10.8. The Morgan fingerprint density at radius 3 is 2.67 bits per heavy atom. The third-order valence-corrected chi connectivity index (χ3v) is 4.02. The van der Waals surface area contributed by atoms with Gasteiger partial charge in [0.25, 0.3) is 0 Å². The number of pyridine rings is 1. The van der Waals surface area contributed by atoms with E-state index in [0.29, 0.717) is 12.1 Å². The highest BCUT2D eigenvalue weighted by Gasteiger charge is 2.21. The van der Waals surface area contributed by atoms with Crippen LogP contribution < -0.4 is 16.0 Å². The van der Waals surface area contributed by atoms with Gasteiger partial charge in [-0.05, 0) is 44.2 Å². The zero-order chi connectivity index (χ0) is 12.4. The van der Waals surface area contributed by atoms with Crippen LogP contribution in [0.3, 0.4) is 0 Å². The van der Waals surface area contributed by atoms with Gasteiger partial charge in [-0.15, -0.1) is 0 Å². The van der Waals surface area contributed by atoms with Crippen molar-refractivity contribution >= 4 is 11.5 Å². The quantitative estimate of drug-likeness (QED) is 0.856. The first-order valence-corrected chi connectivity index (χ1v) is 7.04. The van der Waals surface area contributed by atoms with Gasteiger partial charge in [-0.3, -0.25) is 0 Å². The molecule has 98 valence electrons. The predicted molar refractivity (Wildman–Crippen MR) is 74.9 cm³/mol. The molecule has 1 aromatic rings. The third kappa shape index (κ3) is 2.58. The van der Waals surface area contributed by atoms with Crippen LogP contribution in [0.1, 0.15) is 32.1 Å². The zero-order valence-electron chi connectivity index (χ0n) is 10.8. The molecule has 0 spiro atoms. The molecule has 0 bridgehead atoms. The molecule has 2 aliphatic rings. The van der Waals surface area contributed by atoms with Gasteiger partial charge in [0.1, 0.15) is 5.82 Å². The van der Waals surface area contributed by atoms with Gasteiger partial charge >= 0.3 is 0 Å². The molecule has 1 saturated heterocycles. The lowest BCUT2D eigenvalue weighted by Gasteiger charge is -2.18. The van der Waals surface area contributed by atoms with E-state index in [9.17, 15) is 0 Å². The highest BCUT2D eigenvalue weighted by atomic mass is 15.2. The second-order valence-electron chi connectivity index (χ2n) is 5.51. The Bertz CT molecular complexity index is 383. The molecule has 18 heavy (non-hydrogen) atoms. The van der Waals surface area contributed by atoms with E-state index < -0.39 is 0 Å². The minimum Gasteiger partial charge on any atom is -0.381 e. The van der Waals surface area contributed by atoms with Crippen LogP contribution in [0.25, 0.3) is 0 Å². The Morgan fingerprint density at radius 2 is 2.06 bits per heavy atom. The van der Waals surface area contributed by atoms with Gasteiger partial charge < -0.3 is 16.0 Å². The fourth-order valence-electron chi connectivity index (χ4n) is 2.99. The largest absolute Gasteiger partial charge is 0.381 e. The molecule has 0 amide bonds. The number of rotatable bonds is 3. The monoisotopic (exact) mass is 246 g/mol. The fourth-order valence-corrected chi connectivity index (χ4v) is 2.99. The summed E-state index contributed by atoms with van der Waals surface area (Å²) in [7, 11) is 0. The molecule has 2 heterocycles. The fraction of sp³-hybridized carbons (Fsp3) is 0.643. The van der Waals surface area contributed by atoms with E-state index >= 15 is 0 Å². The van der Waals surface area contributed by atoms with Crippen LogP contribution in [-0.2, 0) is 0 Å². The number of nitrogens with one attached hydrogen (secondary N) is 1. The van der Waals surface area contributed by atoms with Crippen molar-refractivity contribution in [2.45, 2.75) is 44.2 Å². The molecule has 4 nitrogen and oxygen atoms in total. The molecule has 1 aliphatic carbocycles. The molecule has 2 fully saturated rings. The van der Waals surface area contributed by atoms with E-state index in [1.54, 1.807) is 0 Å². The van der Waals surface area contributed by atoms with Crippen LogP contribution in [-0.4, -0.2) is 30.2 Å². The normalized spacial score (nSPS) is 27.7. The molecule has 0 radical (unpaired) electrons. The van der Waals surface area contributed by atoms with Gasteiger partial charge in [0.2, 0.25) is 0 Å². The molecule has 2 unspecified atom stereocenters. The number of aromatic nitrogens is 1. The van der Waals surface area contributed by atoms with Crippen molar-refractivity contribution < 1.29 is 0 Å². The topological polar surface area (TPSA) is 54.2 Å². The molecule has 4 heteroatoms. The summed E-state index contributed by atoms with van der Waals surface area (Å²) in [4.78, 5) is 6.91. The summed E-state index contributed by atoms with van der Waals surface area (Å²) in [5, 5.41) is 3.53.